The van der Waals surface area contributed by atoms with E-state index in [1.807, 2.05) is 34.7 Å². The highest BCUT2D eigenvalue weighted by molar-refractivity contribution is 6.58. The molecule has 1 saturated carbocycles. The number of nitrogens with one attached hydrogen (secondary N) is 1. The highest BCUT2D eigenvalue weighted by atomic mass is 16.6. The number of benzene rings is 1. The molecule has 1 amide bonds. The molecular formula is C21H35BN2O5. The summed E-state index contributed by atoms with van der Waals surface area (Å²) in [5.74, 6) is 0.753. The molecular weight excluding hydrogens is 371 g/mol. The van der Waals surface area contributed by atoms with Crippen LogP contribution in [0, 0.1) is 0 Å². The molecule has 3 N–H and O–H groups in total. The van der Waals surface area contributed by atoms with E-state index in [0.717, 1.165) is 37.0 Å². The van der Waals surface area contributed by atoms with Gasteiger partial charge in [0, 0.05) is 31.2 Å². The highest BCUT2D eigenvalue weighted by Crippen LogP contribution is 2.25. The second kappa shape index (κ2) is 10.3. The third-order valence-corrected chi connectivity index (χ3v) is 5.19. The Morgan fingerprint density at radius 2 is 1.90 bits per heavy atom. The van der Waals surface area contributed by atoms with Crippen LogP contribution in [0.15, 0.2) is 18.2 Å². The van der Waals surface area contributed by atoms with Gasteiger partial charge >= 0.3 is 13.2 Å². The Hall–Kier alpha value is -1.77. The largest absolute Gasteiger partial charge is 0.494 e. The number of ether oxygens (including phenoxy) is 2. The Labute approximate surface area is 174 Å². The molecule has 0 radical (unpaired) electrons. The summed E-state index contributed by atoms with van der Waals surface area (Å²) in [6.07, 6.45) is 3.49. The van der Waals surface area contributed by atoms with Crippen molar-refractivity contribution in [2.75, 3.05) is 13.7 Å². The molecule has 8 heteroatoms. The molecule has 1 aliphatic rings. The lowest BCUT2D eigenvalue weighted by molar-refractivity contribution is 0.0179. The molecule has 0 heterocycles. The molecule has 29 heavy (non-hydrogen) atoms. The predicted molar refractivity (Wildman–Crippen MR) is 114 cm³/mol. The van der Waals surface area contributed by atoms with Crippen molar-refractivity contribution < 1.29 is 24.3 Å². The van der Waals surface area contributed by atoms with Crippen molar-refractivity contribution in [3.8, 4) is 5.75 Å². The third-order valence-electron chi connectivity index (χ3n) is 5.19. The lowest BCUT2D eigenvalue weighted by Crippen LogP contribution is -2.45. The van der Waals surface area contributed by atoms with Crippen LogP contribution >= 0.6 is 0 Å². The van der Waals surface area contributed by atoms with Gasteiger partial charge in [-0.1, -0.05) is 12.1 Å². The van der Waals surface area contributed by atoms with E-state index in [2.05, 4.69) is 5.32 Å². The maximum absolute atomic E-state index is 12.3. The standard InChI is InChI=1S/C21H35BN2O5/c1-6-28-19-12-7-16(22(26)27)13-15(19)14-23-17-8-10-18(11-9-17)24(5)20(25)29-21(2,3)4/h7,12-13,17-18,23,26-27H,6,8-11,14H2,1-5H3/t17-,18-. The number of hydrogen-bond acceptors (Lipinski definition) is 6. The van der Waals surface area contributed by atoms with Crippen molar-refractivity contribution in [3.63, 3.8) is 0 Å². The molecule has 1 aliphatic carbocycles. The first-order valence-electron chi connectivity index (χ1n) is 10.4. The summed E-state index contributed by atoms with van der Waals surface area (Å²) in [5.41, 5.74) is 0.873. The SMILES string of the molecule is CCOc1ccc(B(O)O)cc1CN[C@H]1CC[C@H](N(C)C(=O)OC(C)(C)C)CC1. The van der Waals surface area contributed by atoms with Crippen molar-refractivity contribution in [1.82, 2.24) is 10.2 Å². The van der Waals surface area contributed by atoms with Crippen molar-refractivity contribution in [1.29, 1.82) is 0 Å². The fourth-order valence-corrected chi connectivity index (χ4v) is 3.60. The molecule has 0 aromatic heterocycles. The average Bonchev–Trinajstić information content (AvgIpc) is 2.65. The molecule has 0 bridgehead atoms. The van der Waals surface area contributed by atoms with Crippen LogP contribution in [0.4, 0.5) is 4.79 Å². The lowest BCUT2D eigenvalue weighted by Gasteiger charge is -2.36. The molecule has 0 atom stereocenters. The van der Waals surface area contributed by atoms with Crippen LogP contribution in [0.5, 0.6) is 5.75 Å². The first kappa shape index (κ1) is 23.5. The molecule has 1 aromatic carbocycles. The van der Waals surface area contributed by atoms with Crippen LogP contribution in [-0.4, -0.2) is 59.5 Å². The Morgan fingerprint density at radius 1 is 1.24 bits per heavy atom. The molecule has 0 unspecified atom stereocenters. The second-order valence-electron chi connectivity index (χ2n) is 8.65. The number of rotatable bonds is 7. The van der Waals surface area contributed by atoms with Gasteiger partial charge in [0.05, 0.1) is 6.61 Å². The van der Waals surface area contributed by atoms with Crippen LogP contribution in [0.25, 0.3) is 0 Å². The summed E-state index contributed by atoms with van der Waals surface area (Å²) in [7, 11) is 0.315. The van der Waals surface area contributed by atoms with E-state index < -0.39 is 12.7 Å². The fraction of sp³-hybridized carbons (Fsp3) is 0.667. The minimum absolute atomic E-state index is 0.190. The minimum Gasteiger partial charge on any atom is -0.494 e. The van der Waals surface area contributed by atoms with Gasteiger partial charge in [-0.05, 0) is 64.9 Å². The normalized spacial score (nSPS) is 19.6. The van der Waals surface area contributed by atoms with Crippen LogP contribution < -0.4 is 15.5 Å². The topological polar surface area (TPSA) is 91.3 Å². The van der Waals surface area contributed by atoms with Crippen molar-refractivity contribution in [2.24, 2.45) is 0 Å². The third kappa shape index (κ3) is 7.21. The molecule has 1 fully saturated rings. The van der Waals surface area contributed by atoms with Crippen molar-refractivity contribution in [3.05, 3.63) is 23.8 Å². The van der Waals surface area contributed by atoms with E-state index in [9.17, 15) is 14.8 Å². The van der Waals surface area contributed by atoms with Crippen LogP contribution in [0.2, 0.25) is 0 Å². The van der Waals surface area contributed by atoms with E-state index in [0.29, 0.717) is 24.7 Å². The summed E-state index contributed by atoms with van der Waals surface area (Å²) < 4.78 is 11.1. The van der Waals surface area contributed by atoms with Gasteiger partial charge in [-0.25, -0.2) is 4.79 Å². The fourth-order valence-electron chi connectivity index (χ4n) is 3.60. The second-order valence-corrected chi connectivity index (χ2v) is 8.65. The Kier molecular flexibility index (Phi) is 8.37. The zero-order chi connectivity index (χ0) is 21.6. The summed E-state index contributed by atoms with van der Waals surface area (Å²) >= 11 is 0. The molecule has 7 nitrogen and oxygen atoms in total. The molecule has 0 spiro atoms. The first-order chi connectivity index (χ1) is 13.6. The predicted octanol–water partition coefficient (Wildman–Crippen LogP) is 2.03. The van der Waals surface area contributed by atoms with Crippen molar-refractivity contribution >= 4 is 18.7 Å². The Morgan fingerprint density at radius 3 is 2.45 bits per heavy atom. The molecule has 162 valence electrons. The molecule has 1 aromatic rings. The Bertz CT molecular complexity index is 670. The summed E-state index contributed by atoms with van der Waals surface area (Å²) in [6.45, 7) is 8.69. The minimum atomic E-state index is -1.50. The summed E-state index contributed by atoms with van der Waals surface area (Å²) in [4.78, 5) is 14.0. The maximum atomic E-state index is 12.3. The number of hydrogen-bond donors (Lipinski definition) is 3. The van der Waals surface area contributed by atoms with Gasteiger partial charge in [0.2, 0.25) is 0 Å². The average molecular weight is 406 g/mol. The van der Waals surface area contributed by atoms with Gasteiger partial charge in [0.25, 0.3) is 0 Å². The van der Waals surface area contributed by atoms with Gasteiger partial charge in [0.1, 0.15) is 11.4 Å². The molecule has 0 aliphatic heterocycles. The van der Waals surface area contributed by atoms with Gasteiger partial charge in [-0.15, -0.1) is 0 Å². The van der Waals surface area contributed by atoms with E-state index in [4.69, 9.17) is 9.47 Å². The van der Waals surface area contributed by atoms with Crippen LogP contribution in [-0.2, 0) is 11.3 Å². The van der Waals surface area contributed by atoms with Gasteiger partial charge in [-0.3, -0.25) is 0 Å². The zero-order valence-corrected chi connectivity index (χ0v) is 18.3. The zero-order valence-electron chi connectivity index (χ0n) is 18.3. The van der Waals surface area contributed by atoms with Gasteiger partial charge in [-0.2, -0.15) is 0 Å². The van der Waals surface area contributed by atoms with Gasteiger partial charge < -0.3 is 29.7 Å². The first-order valence-corrected chi connectivity index (χ1v) is 10.4. The number of carbonyl (C=O) groups is 1. The number of carbonyl (C=O) groups excluding carboxylic acids is 1. The number of amides is 1. The smallest absolute Gasteiger partial charge is 0.488 e. The Balaban J connectivity index is 1.88. The van der Waals surface area contributed by atoms with E-state index in [1.54, 1.807) is 23.1 Å². The monoisotopic (exact) mass is 406 g/mol. The summed E-state index contributed by atoms with van der Waals surface area (Å²) in [6, 6.07) is 5.74. The lowest BCUT2D eigenvalue weighted by atomic mass is 9.79. The van der Waals surface area contributed by atoms with Crippen LogP contribution in [0.3, 0.4) is 0 Å². The number of nitrogens with zero attached hydrogens (tertiary/aromatic N) is 1. The molecule has 2 rings (SSSR count). The quantitative estimate of drug-likeness (QED) is 0.601. The van der Waals surface area contributed by atoms with E-state index in [-0.39, 0.29) is 12.1 Å². The van der Waals surface area contributed by atoms with E-state index in [1.165, 1.54) is 0 Å². The summed E-state index contributed by atoms with van der Waals surface area (Å²) in [5, 5.41) is 22.4. The highest BCUT2D eigenvalue weighted by Gasteiger charge is 2.29. The molecule has 0 saturated heterocycles. The van der Waals surface area contributed by atoms with E-state index >= 15 is 0 Å². The van der Waals surface area contributed by atoms with Crippen LogP contribution in [0.1, 0.15) is 58.9 Å². The van der Waals surface area contributed by atoms with Crippen molar-refractivity contribution in [2.45, 2.75) is 77.6 Å². The maximum Gasteiger partial charge on any atom is 0.488 e. The van der Waals surface area contributed by atoms with Gasteiger partial charge in [0.15, 0.2) is 0 Å².